The fourth-order valence-corrected chi connectivity index (χ4v) is 5.07. The van der Waals surface area contributed by atoms with E-state index in [1.54, 1.807) is 26.0 Å². The number of nitrogens with one attached hydrogen (secondary N) is 1. The maximum atomic E-state index is 12.4. The highest BCUT2D eigenvalue weighted by Gasteiger charge is 2.37. The zero-order valence-electron chi connectivity index (χ0n) is 17.1. The number of methoxy groups -OCH3 is 2. The molecule has 0 radical (unpaired) electrons. The van der Waals surface area contributed by atoms with Crippen molar-refractivity contribution in [2.45, 2.75) is 49.6 Å². The predicted molar refractivity (Wildman–Crippen MR) is 115 cm³/mol. The Labute approximate surface area is 172 Å². The molecule has 28 heavy (non-hydrogen) atoms. The van der Waals surface area contributed by atoms with E-state index < -0.39 is 0 Å². The molecule has 1 heterocycles. The third-order valence-corrected chi connectivity index (χ3v) is 6.88. The van der Waals surface area contributed by atoms with Gasteiger partial charge < -0.3 is 9.47 Å². The van der Waals surface area contributed by atoms with E-state index in [-0.39, 0.29) is 11.6 Å². The van der Waals surface area contributed by atoms with E-state index >= 15 is 0 Å². The summed E-state index contributed by atoms with van der Waals surface area (Å²) < 4.78 is 11.1. The van der Waals surface area contributed by atoms with Gasteiger partial charge in [-0.2, -0.15) is 0 Å². The van der Waals surface area contributed by atoms with Gasteiger partial charge >= 0.3 is 0 Å². The zero-order chi connectivity index (χ0) is 20.1. The Morgan fingerprint density at radius 3 is 2.43 bits per heavy atom. The largest absolute Gasteiger partial charge is 0.493 e. The van der Waals surface area contributed by atoms with Crippen molar-refractivity contribution in [2.75, 3.05) is 20.0 Å². The Morgan fingerprint density at radius 2 is 1.82 bits per heavy atom. The van der Waals surface area contributed by atoms with Crippen molar-refractivity contribution in [3.05, 3.63) is 53.6 Å². The standard InChI is InChI=1S/C23H29NO3S/c1-5-17(25)14-23(6-2)15-28-21-13-20(27-4)19(26-3)12-18(21)22(24-23)16-10-8-7-9-11-16/h7-13,22,24H,5-6,14-15H2,1-4H3. The van der Waals surface area contributed by atoms with Crippen molar-refractivity contribution in [3.63, 3.8) is 0 Å². The van der Waals surface area contributed by atoms with Gasteiger partial charge in [0, 0.05) is 29.0 Å². The van der Waals surface area contributed by atoms with E-state index in [4.69, 9.17) is 9.47 Å². The number of benzene rings is 2. The molecule has 3 rings (SSSR count). The average Bonchev–Trinajstić information content (AvgIpc) is 2.90. The fraction of sp³-hybridized carbons (Fsp3) is 0.435. The van der Waals surface area contributed by atoms with Crippen LogP contribution in [0.15, 0.2) is 47.4 Å². The van der Waals surface area contributed by atoms with Crippen LogP contribution in [0.3, 0.4) is 0 Å². The van der Waals surface area contributed by atoms with Crippen molar-refractivity contribution in [1.82, 2.24) is 5.32 Å². The number of ether oxygens (including phenoxy) is 2. The van der Waals surface area contributed by atoms with E-state index in [1.807, 2.05) is 13.0 Å². The molecule has 0 bridgehead atoms. The van der Waals surface area contributed by atoms with Gasteiger partial charge in [0.15, 0.2) is 11.5 Å². The molecule has 0 saturated carbocycles. The van der Waals surface area contributed by atoms with E-state index in [0.717, 1.165) is 29.2 Å². The van der Waals surface area contributed by atoms with E-state index in [0.29, 0.717) is 18.6 Å². The number of hydrogen-bond donors (Lipinski definition) is 1. The second-order valence-electron chi connectivity index (χ2n) is 7.22. The smallest absolute Gasteiger partial charge is 0.161 e. The fourth-order valence-electron chi connectivity index (χ4n) is 3.71. The first kappa shape index (κ1) is 20.7. The molecule has 2 atom stereocenters. The molecular formula is C23H29NO3S. The SMILES string of the molecule is CCC(=O)CC1(CC)CSc2cc(OC)c(OC)cc2C(c2ccccc2)N1. The van der Waals surface area contributed by atoms with Gasteiger partial charge in [-0.3, -0.25) is 10.1 Å². The number of thioether (sulfide) groups is 1. The summed E-state index contributed by atoms with van der Waals surface area (Å²) in [5, 5.41) is 3.87. The second kappa shape index (κ2) is 9.01. The van der Waals surface area contributed by atoms with Crippen molar-refractivity contribution >= 4 is 17.5 Å². The Kier molecular flexibility index (Phi) is 6.68. The Morgan fingerprint density at radius 1 is 1.14 bits per heavy atom. The topological polar surface area (TPSA) is 47.6 Å². The number of carbonyl (C=O) groups excluding carboxylic acids is 1. The molecule has 2 aromatic rings. The highest BCUT2D eigenvalue weighted by molar-refractivity contribution is 7.99. The van der Waals surface area contributed by atoms with Crippen molar-refractivity contribution in [2.24, 2.45) is 0 Å². The Hall–Kier alpha value is -1.98. The molecule has 0 aromatic heterocycles. The zero-order valence-corrected chi connectivity index (χ0v) is 17.9. The summed E-state index contributed by atoms with van der Waals surface area (Å²) in [4.78, 5) is 13.5. The Bertz CT molecular complexity index is 824. The lowest BCUT2D eigenvalue weighted by Gasteiger charge is -2.35. The maximum Gasteiger partial charge on any atom is 0.161 e. The van der Waals surface area contributed by atoms with Crippen LogP contribution in [-0.4, -0.2) is 31.3 Å². The highest BCUT2D eigenvalue weighted by Crippen LogP contribution is 2.44. The molecule has 0 aliphatic carbocycles. The third-order valence-electron chi connectivity index (χ3n) is 5.52. The molecule has 4 nitrogen and oxygen atoms in total. The summed E-state index contributed by atoms with van der Waals surface area (Å²) in [6, 6.07) is 14.5. The van der Waals surface area contributed by atoms with Crippen LogP contribution in [0.25, 0.3) is 0 Å². The summed E-state index contributed by atoms with van der Waals surface area (Å²) in [5.41, 5.74) is 2.09. The number of fused-ring (bicyclic) bond motifs is 1. The van der Waals surface area contributed by atoms with Gasteiger partial charge in [0.05, 0.1) is 20.3 Å². The van der Waals surface area contributed by atoms with Gasteiger partial charge in [-0.05, 0) is 29.7 Å². The van der Waals surface area contributed by atoms with Crippen LogP contribution in [0.2, 0.25) is 0 Å². The summed E-state index contributed by atoms with van der Waals surface area (Å²) in [6.07, 6.45) is 1.99. The molecule has 5 heteroatoms. The first-order chi connectivity index (χ1) is 13.6. The van der Waals surface area contributed by atoms with Crippen molar-refractivity contribution < 1.29 is 14.3 Å². The van der Waals surface area contributed by atoms with E-state index in [9.17, 15) is 4.79 Å². The molecule has 0 fully saturated rings. The first-order valence-electron chi connectivity index (χ1n) is 9.79. The molecule has 0 saturated heterocycles. The molecule has 2 unspecified atom stereocenters. The van der Waals surface area contributed by atoms with Gasteiger partial charge in [0.25, 0.3) is 0 Å². The lowest BCUT2D eigenvalue weighted by molar-refractivity contribution is -0.120. The quantitative estimate of drug-likeness (QED) is 0.709. The normalized spacial score (nSPS) is 21.5. The van der Waals surface area contributed by atoms with Crippen molar-refractivity contribution in [3.8, 4) is 11.5 Å². The van der Waals surface area contributed by atoms with Crippen LogP contribution in [0.4, 0.5) is 0 Å². The molecule has 0 amide bonds. The van der Waals surface area contributed by atoms with Crippen molar-refractivity contribution in [1.29, 1.82) is 0 Å². The highest BCUT2D eigenvalue weighted by atomic mass is 32.2. The van der Waals surface area contributed by atoms with E-state index in [2.05, 4.69) is 48.6 Å². The third kappa shape index (κ3) is 4.20. The van der Waals surface area contributed by atoms with Gasteiger partial charge in [0.2, 0.25) is 0 Å². The second-order valence-corrected chi connectivity index (χ2v) is 8.24. The van der Waals surface area contributed by atoms with Crippen LogP contribution in [-0.2, 0) is 4.79 Å². The van der Waals surface area contributed by atoms with Crippen LogP contribution in [0.5, 0.6) is 11.5 Å². The minimum atomic E-state index is -0.252. The van der Waals surface area contributed by atoms with Gasteiger partial charge in [-0.15, -0.1) is 11.8 Å². The monoisotopic (exact) mass is 399 g/mol. The van der Waals surface area contributed by atoms with Crippen LogP contribution < -0.4 is 14.8 Å². The van der Waals surface area contributed by atoms with E-state index in [1.165, 1.54) is 10.5 Å². The molecule has 150 valence electrons. The summed E-state index contributed by atoms with van der Waals surface area (Å²) in [7, 11) is 3.32. The number of ketones is 1. The first-order valence-corrected chi connectivity index (χ1v) is 10.8. The minimum Gasteiger partial charge on any atom is -0.493 e. The molecule has 0 spiro atoms. The van der Waals surface area contributed by atoms with Gasteiger partial charge in [0.1, 0.15) is 5.78 Å². The lowest BCUT2D eigenvalue weighted by Crippen LogP contribution is -2.49. The predicted octanol–water partition coefficient (Wildman–Crippen LogP) is 5.01. The minimum absolute atomic E-state index is 0.0180. The summed E-state index contributed by atoms with van der Waals surface area (Å²) in [5.74, 6) is 2.58. The Balaban J connectivity index is 2.12. The lowest BCUT2D eigenvalue weighted by atomic mass is 9.87. The molecule has 1 aliphatic rings. The summed E-state index contributed by atoms with van der Waals surface area (Å²) >= 11 is 1.79. The molecule has 1 N–H and O–H groups in total. The number of rotatable bonds is 7. The van der Waals surface area contributed by atoms with Crippen LogP contribution >= 0.6 is 11.8 Å². The average molecular weight is 400 g/mol. The van der Waals surface area contributed by atoms with Gasteiger partial charge in [-0.1, -0.05) is 44.2 Å². The maximum absolute atomic E-state index is 12.4. The number of hydrogen-bond acceptors (Lipinski definition) is 5. The molecule has 1 aliphatic heterocycles. The molecular weight excluding hydrogens is 370 g/mol. The number of Topliss-reactive ketones (excluding diaryl/α,β-unsaturated/α-hetero) is 1. The number of carbonyl (C=O) groups is 1. The van der Waals surface area contributed by atoms with Crippen LogP contribution in [0.1, 0.15) is 50.3 Å². The van der Waals surface area contributed by atoms with Crippen LogP contribution in [0, 0.1) is 0 Å². The molecule has 2 aromatic carbocycles. The van der Waals surface area contributed by atoms with Gasteiger partial charge in [-0.25, -0.2) is 0 Å². The summed E-state index contributed by atoms with van der Waals surface area (Å²) in [6.45, 7) is 4.10.